The Bertz CT molecular complexity index is 269. The molecule has 0 radical (unpaired) electrons. The fourth-order valence-corrected chi connectivity index (χ4v) is 2.47. The number of hydrogen-bond acceptors (Lipinski definition) is 4. The highest BCUT2D eigenvalue weighted by Gasteiger charge is 2.31. The van der Waals surface area contributed by atoms with Crippen molar-refractivity contribution >= 4 is 5.97 Å². The lowest BCUT2D eigenvalue weighted by Gasteiger charge is -2.26. The molecule has 3 atom stereocenters. The molecule has 106 valence electrons. The number of carbonyl (C=O) groups is 1. The standard InChI is InChI=1S/C14H28N2O2/c1-6-11(4)13(14(17)18-5)15-12-7-8-16(9-12)10(2)3/h10-13,15H,6-9H2,1-5H3. The van der Waals surface area contributed by atoms with Crippen LogP contribution in [-0.2, 0) is 9.53 Å². The molecule has 0 amide bonds. The number of rotatable bonds is 6. The monoisotopic (exact) mass is 256 g/mol. The van der Waals surface area contributed by atoms with E-state index in [0.717, 1.165) is 25.9 Å². The van der Waals surface area contributed by atoms with Gasteiger partial charge in [-0.25, -0.2) is 0 Å². The van der Waals surface area contributed by atoms with Crippen molar-refractivity contribution in [3.63, 3.8) is 0 Å². The second-order valence-electron chi connectivity index (χ2n) is 5.63. The fourth-order valence-electron chi connectivity index (χ4n) is 2.47. The zero-order chi connectivity index (χ0) is 13.7. The molecule has 1 aliphatic rings. The first-order valence-electron chi connectivity index (χ1n) is 7.07. The van der Waals surface area contributed by atoms with E-state index in [2.05, 4.69) is 37.9 Å². The van der Waals surface area contributed by atoms with Gasteiger partial charge in [-0.2, -0.15) is 0 Å². The molecule has 0 bridgehead atoms. The van der Waals surface area contributed by atoms with E-state index in [-0.39, 0.29) is 12.0 Å². The van der Waals surface area contributed by atoms with E-state index >= 15 is 0 Å². The quantitative estimate of drug-likeness (QED) is 0.734. The summed E-state index contributed by atoms with van der Waals surface area (Å²) in [4.78, 5) is 14.3. The maximum atomic E-state index is 11.8. The minimum absolute atomic E-state index is 0.132. The molecule has 0 aliphatic carbocycles. The van der Waals surface area contributed by atoms with Crippen LogP contribution >= 0.6 is 0 Å². The lowest BCUT2D eigenvalue weighted by molar-refractivity contribution is -0.144. The Balaban J connectivity index is 2.54. The van der Waals surface area contributed by atoms with E-state index in [9.17, 15) is 4.79 Å². The van der Waals surface area contributed by atoms with Crippen LogP contribution in [-0.4, -0.2) is 49.2 Å². The summed E-state index contributed by atoms with van der Waals surface area (Å²) in [6, 6.07) is 0.819. The summed E-state index contributed by atoms with van der Waals surface area (Å²) in [5.41, 5.74) is 0. The van der Waals surface area contributed by atoms with Crippen molar-refractivity contribution in [2.45, 2.75) is 58.7 Å². The summed E-state index contributed by atoms with van der Waals surface area (Å²) in [6.45, 7) is 10.8. The normalized spacial score (nSPS) is 24.2. The summed E-state index contributed by atoms with van der Waals surface area (Å²) in [6.07, 6.45) is 2.09. The van der Waals surface area contributed by atoms with E-state index in [0.29, 0.717) is 18.0 Å². The van der Waals surface area contributed by atoms with Gasteiger partial charge in [-0.1, -0.05) is 20.3 Å². The lowest BCUT2D eigenvalue weighted by Crippen LogP contribution is -2.48. The molecular weight excluding hydrogens is 228 g/mol. The number of esters is 1. The third-order valence-corrected chi connectivity index (χ3v) is 4.03. The van der Waals surface area contributed by atoms with Gasteiger partial charge in [0.05, 0.1) is 7.11 Å². The van der Waals surface area contributed by atoms with Gasteiger partial charge in [0.2, 0.25) is 0 Å². The topological polar surface area (TPSA) is 41.6 Å². The first-order chi connectivity index (χ1) is 8.49. The van der Waals surface area contributed by atoms with Crippen molar-refractivity contribution in [1.29, 1.82) is 0 Å². The molecule has 3 unspecified atom stereocenters. The van der Waals surface area contributed by atoms with Crippen LogP contribution < -0.4 is 5.32 Å². The zero-order valence-corrected chi connectivity index (χ0v) is 12.4. The van der Waals surface area contributed by atoms with E-state index in [4.69, 9.17) is 4.74 Å². The third kappa shape index (κ3) is 3.95. The molecule has 1 N–H and O–H groups in total. The van der Waals surface area contributed by atoms with Crippen LogP contribution in [0.4, 0.5) is 0 Å². The van der Waals surface area contributed by atoms with Gasteiger partial charge < -0.3 is 10.1 Å². The van der Waals surface area contributed by atoms with Gasteiger partial charge in [0.25, 0.3) is 0 Å². The van der Waals surface area contributed by atoms with Crippen molar-refractivity contribution in [1.82, 2.24) is 10.2 Å². The molecule has 1 heterocycles. The van der Waals surface area contributed by atoms with E-state index in [1.54, 1.807) is 0 Å². The van der Waals surface area contributed by atoms with Gasteiger partial charge in [-0.05, 0) is 32.7 Å². The lowest BCUT2D eigenvalue weighted by atomic mass is 9.98. The minimum atomic E-state index is -0.169. The van der Waals surface area contributed by atoms with Crippen molar-refractivity contribution < 1.29 is 9.53 Å². The van der Waals surface area contributed by atoms with Crippen LogP contribution in [0.5, 0.6) is 0 Å². The van der Waals surface area contributed by atoms with E-state index in [1.165, 1.54) is 7.11 Å². The number of ether oxygens (including phenoxy) is 1. The summed E-state index contributed by atoms with van der Waals surface area (Å²) in [5, 5.41) is 3.49. The molecule has 1 fully saturated rings. The largest absolute Gasteiger partial charge is 0.468 e. The van der Waals surface area contributed by atoms with Crippen molar-refractivity contribution in [2.24, 2.45) is 5.92 Å². The molecule has 0 saturated carbocycles. The van der Waals surface area contributed by atoms with Crippen molar-refractivity contribution in [3.05, 3.63) is 0 Å². The van der Waals surface area contributed by atoms with Crippen LogP contribution in [0.15, 0.2) is 0 Å². The Morgan fingerprint density at radius 3 is 2.56 bits per heavy atom. The number of nitrogens with one attached hydrogen (secondary N) is 1. The molecule has 1 rings (SSSR count). The highest BCUT2D eigenvalue weighted by atomic mass is 16.5. The Morgan fingerprint density at radius 2 is 2.11 bits per heavy atom. The van der Waals surface area contributed by atoms with Crippen LogP contribution in [0.2, 0.25) is 0 Å². The van der Waals surface area contributed by atoms with Crippen LogP contribution in [0, 0.1) is 5.92 Å². The van der Waals surface area contributed by atoms with Crippen LogP contribution in [0.3, 0.4) is 0 Å². The summed E-state index contributed by atoms with van der Waals surface area (Å²) in [5.74, 6) is 0.179. The van der Waals surface area contributed by atoms with Gasteiger partial charge in [0.1, 0.15) is 6.04 Å². The van der Waals surface area contributed by atoms with Crippen molar-refractivity contribution in [3.8, 4) is 0 Å². The number of carbonyl (C=O) groups excluding carboxylic acids is 1. The highest BCUT2D eigenvalue weighted by molar-refractivity contribution is 5.76. The Hall–Kier alpha value is -0.610. The second-order valence-corrected chi connectivity index (χ2v) is 5.63. The van der Waals surface area contributed by atoms with Gasteiger partial charge in [-0.15, -0.1) is 0 Å². The molecule has 0 spiro atoms. The molecular formula is C14H28N2O2. The fraction of sp³-hybridized carbons (Fsp3) is 0.929. The predicted molar refractivity (Wildman–Crippen MR) is 73.5 cm³/mol. The Labute approximate surface area is 111 Å². The summed E-state index contributed by atoms with van der Waals surface area (Å²) in [7, 11) is 1.47. The van der Waals surface area contributed by atoms with Crippen molar-refractivity contribution in [2.75, 3.05) is 20.2 Å². The average molecular weight is 256 g/mol. The average Bonchev–Trinajstić information content (AvgIpc) is 2.82. The molecule has 18 heavy (non-hydrogen) atoms. The molecule has 0 aromatic carbocycles. The van der Waals surface area contributed by atoms with Gasteiger partial charge >= 0.3 is 5.97 Å². The van der Waals surface area contributed by atoms with Gasteiger partial charge in [0, 0.05) is 18.6 Å². The highest BCUT2D eigenvalue weighted by Crippen LogP contribution is 2.16. The van der Waals surface area contributed by atoms with E-state index in [1.807, 2.05) is 0 Å². The Kier molecular flexibility index (Phi) is 6.09. The molecule has 0 aromatic rings. The zero-order valence-electron chi connectivity index (χ0n) is 12.4. The molecule has 0 aromatic heterocycles. The van der Waals surface area contributed by atoms with E-state index < -0.39 is 0 Å². The van der Waals surface area contributed by atoms with Gasteiger partial charge in [0.15, 0.2) is 0 Å². The third-order valence-electron chi connectivity index (χ3n) is 4.03. The first kappa shape index (κ1) is 15.4. The maximum Gasteiger partial charge on any atom is 0.323 e. The van der Waals surface area contributed by atoms with Gasteiger partial charge in [-0.3, -0.25) is 9.69 Å². The molecule has 1 aliphatic heterocycles. The minimum Gasteiger partial charge on any atom is -0.468 e. The molecule has 4 nitrogen and oxygen atoms in total. The Morgan fingerprint density at radius 1 is 1.44 bits per heavy atom. The first-order valence-corrected chi connectivity index (χ1v) is 7.07. The maximum absolute atomic E-state index is 11.8. The molecule has 1 saturated heterocycles. The smallest absolute Gasteiger partial charge is 0.323 e. The number of methoxy groups -OCH3 is 1. The summed E-state index contributed by atoms with van der Waals surface area (Å²) < 4.78 is 4.90. The van der Waals surface area contributed by atoms with Crippen LogP contribution in [0.1, 0.15) is 40.5 Å². The summed E-state index contributed by atoms with van der Waals surface area (Å²) >= 11 is 0. The number of nitrogens with zero attached hydrogens (tertiary/aromatic N) is 1. The SMILES string of the molecule is CCC(C)C(NC1CCN(C(C)C)C1)C(=O)OC. The molecule has 4 heteroatoms. The second kappa shape index (κ2) is 7.10. The number of hydrogen-bond donors (Lipinski definition) is 1. The van der Waals surface area contributed by atoms with Crippen LogP contribution in [0.25, 0.3) is 0 Å². The number of likely N-dealkylation sites (tertiary alicyclic amines) is 1. The predicted octanol–water partition coefficient (Wildman–Crippen LogP) is 1.65.